The average Bonchev–Trinajstić information content (AvgIpc) is 2.74. The van der Waals surface area contributed by atoms with E-state index in [0.717, 1.165) is 5.56 Å². The van der Waals surface area contributed by atoms with Crippen molar-refractivity contribution in [2.75, 3.05) is 18.9 Å². The van der Waals surface area contributed by atoms with Gasteiger partial charge in [0, 0.05) is 31.7 Å². The average molecular weight is 378 g/mol. The highest BCUT2D eigenvalue weighted by Crippen LogP contribution is 2.11. The summed E-state index contributed by atoms with van der Waals surface area (Å²) in [6.45, 7) is 0.510. The van der Waals surface area contributed by atoms with Gasteiger partial charge in [-0.25, -0.2) is 9.37 Å². The van der Waals surface area contributed by atoms with Crippen molar-refractivity contribution < 1.29 is 14.0 Å². The lowest BCUT2D eigenvalue weighted by atomic mass is 10.2. The maximum Gasteiger partial charge on any atom is 0.274 e. The van der Waals surface area contributed by atoms with E-state index in [1.807, 2.05) is 12.1 Å². The summed E-state index contributed by atoms with van der Waals surface area (Å²) in [6, 6.07) is 13.9. The molecule has 2 heterocycles. The summed E-state index contributed by atoms with van der Waals surface area (Å²) in [5.74, 6) is -1.13. The van der Waals surface area contributed by atoms with Crippen LogP contribution in [-0.2, 0) is 6.42 Å². The van der Waals surface area contributed by atoms with Gasteiger partial charge in [0.05, 0.1) is 0 Å². The Bertz CT molecular complexity index is 962. The van der Waals surface area contributed by atoms with E-state index in [4.69, 9.17) is 0 Å². The Morgan fingerprint density at radius 3 is 2.39 bits per heavy atom. The van der Waals surface area contributed by atoms with Gasteiger partial charge in [-0.05, 0) is 60.5 Å². The van der Waals surface area contributed by atoms with Gasteiger partial charge in [-0.2, -0.15) is 0 Å². The second-order valence-corrected chi connectivity index (χ2v) is 6.20. The first-order valence-electron chi connectivity index (χ1n) is 8.71. The molecule has 0 atom stereocenters. The third kappa shape index (κ3) is 4.97. The lowest BCUT2D eigenvalue weighted by molar-refractivity contribution is 0.0790. The molecule has 6 nitrogen and oxygen atoms in total. The number of amides is 2. The number of likely N-dealkylation sites (N-methyl/N-ethyl adjacent to an activating group) is 1. The smallest absolute Gasteiger partial charge is 0.274 e. The Labute approximate surface area is 162 Å². The van der Waals surface area contributed by atoms with Crippen LogP contribution in [0.4, 0.5) is 10.1 Å². The topological polar surface area (TPSA) is 75.2 Å². The zero-order valence-electron chi connectivity index (χ0n) is 15.3. The van der Waals surface area contributed by atoms with Crippen LogP contribution in [0.25, 0.3) is 0 Å². The van der Waals surface area contributed by atoms with Crippen LogP contribution in [0.5, 0.6) is 0 Å². The fraction of sp³-hybridized carbons (Fsp3) is 0.143. The van der Waals surface area contributed by atoms with Gasteiger partial charge >= 0.3 is 0 Å². The maximum atomic E-state index is 13.0. The summed E-state index contributed by atoms with van der Waals surface area (Å²) < 4.78 is 13.0. The summed E-state index contributed by atoms with van der Waals surface area (Å²) in [5, 5.41) is 2.63. The van der Waals surface area contributed by atoms with Crippen LogP contribution in [-0.4, -0.2) is 40.3 Å². The van der Waals surface area contributed by atoms with E-state index >= 15 is 0 Å². The first-order valence-corrected chi connectivity index (χ1v) is 8.71. The van der Waals surface area contributed by atoms with Crippen LogP contribution >= 0.6 is 0 Å². The van der Waals surface area contributed by atoms with Gasteiger partial charge in [0.2, 0.25) is 0 Å². The minimum absolute atomic E-state index is 0.109. The lowest BCUT2D eigenvalue weighted by Gasteiger charge is -2.17. The predicted molar refractivity (Wildman–Crippen MR) is 103 cm³/mol. The molecule has 0 aliphatic heterocycles. The quantitative estimate of drug-likeness (QED) is 0.715. The number of nitrogens with one attached hydrogen (secondary N) is 1. The number of benzene rings is 1. The third-order valence-corrected chi connectivity index (χ3v) is 4.13. The van der Waals surface area contributed by atoms with Crippen LogP contribution < -0.4 is 5.32 Å². The van der Waals surface area contributed by atoms with E-state index < -0.39 is 11.7 Å². The number of hydrogen-bond donors (Lipinski definition) is 1. The van der Waals surface area contributed by atoms with E-state index in [1.165, 1.54) is 30.3 Å². The summed E-state index contributed by atoms with van der Waals surface area (Å²) >= 11 is 0. The fourth-order valence-corrected chi connectivity index (χ4v) is 2.55. The fourth-order valence-electron chi connectivity index (χ4n) is 2.55. The zero-order valence-corrected chi connectivity index (χ0v) is 15.3. The standard InChI is InChI=1S/C21H19FN4O2/c1-26(14-11-15-9-12-23-13-10-15)21(28)19-4-2-3-18(25-19)20(27)24-17-7-5-16(22)6-8-17/h2-10,12-13H,11,14H2,1H3,(H,24,27). The Morgan fingerprint density at radius 2 is 1.68 bits per heavy atom. The summed E-state index contributed by atoms with van der Waals surface area (Å²) in [7, 11) is 1.69. The van der Waals surface area contributed by atoms with Crippen molar-refractivity contribution in [2.45, 2.75) is 6.42 Å². The first-order chi connectivity index (χ1) is 13.5. The maximum absolute atomic E-state index is 13.0. The van der Waals surface area contributed by atoms with E-state index in [-0.39, 0.29) is 17.3 Å². The van der Waals surface area contributed by atoms with Gasteiger partial charge < -0.3 is 10.2 Å². The number of rotatable bonds is 6. The molecule has 28 heavy (non-hydrogen) atoms. The number of nitrogens with zero attached hydrogens (tertiary/aromatic N) is 3. The molecule has 0 saturated heterocycles. The Kier molecular flexibility index (Phi) is 6.06. The highest BCUT2D eigenvalue weighted by Gasteiger charge is 2.16. The van der Waals surface area contributed by atoms with Gasteiger partial charge in [-0.3, -0.25) is 14.6 Å². The molecular formula is C21H19FN4O2. The van der Waals surface area contributed by atoms with Gasteiger partial charge in [0.25, 0.3) is 11.8 Å². The number of carbonyl (C=O) groups excluding carboxylic acids is 2. The van der Waals surface area contributed by atoms with Crippen molar-refractivity contribution in [3.8, 4) is 0 Å². The third-order valence-electron chi connectivity index (χ3n) is 4.13. The molecule has 1 aromatic carbocycles. The number of carbonyl (C=O) groups is 2. The molecule has 0 unspecified atom stereocenters. The highest BCUT2D eigenvalue weighted by atomic mass is 19.1. The SMILES string of the molecule is CN(CCc1ccncc1)C(=O)c1cccc(C(=O)Nc2ccc(F)cc2)n1. The number of aromatic nitrogens is 2. The largest absolute Gasteiger partial charge is 0.340 e. The van der Waals surface area contributed by atoms with Crippen molar-refractivity contribution in [2.24, 2.45) is 0 Å². The Hall–Kier alpha value is -3.61. The van der Waals surface area contributed by atoms with Crippen LogP contribution in [0.2, 0.25) is 0 Å². The molecule has 0 aliphatic rings. The van der Waals surface area contributed by atoms with Crippen molar-refractivity contribution in [3.05, 3.63) is 89.8 Å². The molecule has 1 N–H and O–H groups in total. The monoisotopic (exact) mass is 378 g/mol. The van der Waals surface area contributed by atoms with Crippen LogP contribution in [0.1, 0.15) is 26.5 Å². The van der Waals surface area contributed by atoms with Gasteiger partial charge in [-0.1, -0.05) is 6.07 Å². The van der Waals surface area contributed by atoms with E-state index in [0.29, 0.717) is 18.7 Å². The summed E-state index contributed by atoms with van der Waals surface area (Å²) in [4.78, 5) is 34.7. The van der Waals surface area contributed by atoms with Crippen molar-refractivity contribution in [3.63, 3.8) is 0 Å². The predicted octanol–water partition coefficient (Wildman–Crippen LogP) is 3.18. The number of halogens is 1. The molecule has 3 rings (SSSR count). The summed E-state index contributed by atoms with van der Waals surface area (Å²) in [5.41, 5.74) is 1.82. The lowest BCUT2D eigenvalue weighted by Crippen LogP contribution is -2.30. The molecule has 0 fully saturated rings. The van der Waals surface area contributed by atoms with Crippen molar-refractivity contribution in [1.82, 2.24) is 14.9 Å². The van der Waals surface area contributed by atoms with Crippen LogP contribution in [0.3, 0.4) is 0 Å². The molecule has 2 aromatic heterocycles. The van der Waals surface area contributed by atoms with Crippen LogP contribution in [0, 0.1) is 5.82 Å². The van der Waals surface area contributed by atoms with E-state index in [9.17, 15) is 14.0 Å². The second-order valence-electron chi connectivity index (χ2n) is 6.20. The molecule has 2 amide bonds. The van der Waals surface area contributed by atoms with Crippen molar-refractivity contribution in [1.29, 1.82) is 0 Å². The van der Waals surface area contributed by atoms with Gasteiger partial charge in [0.1, 0.15) is 17.2 Å². The Morgan fingerprint density at radius 1 is 1.00 bits per heavy atom. The minimum atomic E-state index is -0.472. The highest BCUT2D eigenvalue weighted by molar-refractivity contribution is 6.03. The second kappa shape index (κ2) is 8.85. The molecule has 3 aromatic rings. The summed E-state index contributed by atoms with van der Waals surface area (Å²) in [6.07, 6.45) is 4.11. The van der Waals surface area contributed by atoms with Crippen molar-refractivity contribution >= 4 is 17.5 Å². The number of anilines is 1. The van der Waals surface area contributed by atoms with Gasteiger partial charge in [0.15, 0.2) is 0 Å². The molecule has 142 valence electrons. The minimum Gasteiger partial charge on any atom is -0.340 e. The normalized spacial score (nSPS) is 10.4. The van der Waals surface area contributed by atoms with Gasteiger partial charge in [-0.15, -0.1) is 0 Å². The van der Waals surface area contributed by atoms with E-state index in [1.54, 1.807) is 36.5 Å². The zero-order chi connectivity index (χ0) is 19.9. The Balaban J connectivity index is 1.65. The molecular weight excluding hydrogens is 359 g/mol. The first kappa shape index (κ1) is 19.2. The molecule has 0 spiro atoms. The molecule has 0 aliphatic carbocycles. The molecule has 0 saturated carbocycles. The molecule has 7 heteroatoms. The van der Waals surface area contributed by atoms with Crippen LogP contribution in [0.15, 0.2) is 67.0 Å². The number of hydrogen-bond acceptors (Lipinski definition) is 4. The van der Waals surface area contributed by atoms with E-state index in [2.05, 4.69) is 15.3 Å². The number of pyridine rings is 2. The molecule has 0 radical (unpaired) electrons. The molecule has 0 bridgehead atoms.